The fraction of sp³-hybridized carbons (Fsp3) is 0.900. The Bertz CT molecular complexity index is 1390. The minimum absolute atomic E-state index is 0.0207. The van der Waals surface area contributed by atoms with Gasteiger partial charge < -0.3 is 20.3 Å². The van der Waals surface area contributed by atoms with Crippen LogP contribution in [-0.4, -0.2) is 47.4 Å². The minimum Gasteiger partial charge on any atom is -0.466 e. The van der Waals surface area contributed by atoms with Gasteiger partial charge in [0.05, 0.1) is 25.4 Å². The minimum atomic E-state index is -0.844. The number of carbonyl (C=O) groups excluding carboxylic acids is 2. The summed E-state index contributed by atoms with van der Waals surface area (Å²) in [6.07, 6.45) is 98.4. The summed E-state index contributed by atoms with van der Waals surface area (Å²) in [5.74, 6) is -0.0413. The first-order valence-corrected chi connectivity index (χ1v) is 39.3. The highest BCUT2D eigenvalue weighted by atomic mass is 16.5. The number of nitrogens with one attached hydrogen (secondary N) is 1. The quantitative estimate of drug-likeness (QED) is 0.0320. The maximum absolute atomic E-state index is 12.5. The van der Waals surface area contributed by atoms with E-state index in [2.05, 4.69) is 43.5 Å². The molecule has 0 saturated carbocycles. The molecule has 86 heavy (non-hydrogen) atoms. The second kappa shape index (κ2) is 75.5. The molecule has 3 N–H and O–H groups in total. The van der Waals surface area contributed by atoms with Crippen LogP contribution in [-0.2, 0) is 14.3 Å². The number of hydrogen-bond donors (Lipinski definition) is 3. The summed E-state index contributed by atoms with van der Waals surface area (Å²) in [5.41, 5.74) is 0. The van der Waals surface area contributed by atoms with Crippen molar-refractivity contribution in [2.24, 2.45) is 0 Å². The van der Waals surface area contributed by atoms with E-state index in [0.717, 1.165) is 44.9 Å². The smallest absolute Gasteiger partial charge is 0.305 e. The average molecular weight is 1210 g/mol. The van der Waals surface area contributed by atoms with Gasteiger partial charge in [0.2, 0.25) is 5.91 Å². The zero-order chi connectivity index (χ0) is 62.0. The van der Waals surface area contributed by atoms with Crippen LogP contribution >= 0.6 is 0 Å². The van der Waals surface area contributed by atoms with Crippen LogP contribution in [0.15, 0.2) is 36.5 Å². The largest absolute Gasteiger partial charge is 0.466 e. The molecule has 0 heterocycles. The topological polar surface area (TPSA) is 95.9 Å². The predicted octanol–water partition coefficient (Wildman–Crippen LogP) is 25.8. The molecule has 0 aliphatic rings. The number of aliphatic hydroxyl groups is 2. The van der Waals surface area contributed by atoms with Crippen LogP contribution in [0, 0.1) is 0 Å². The van der Waals surface area contributed by atoms with Gasteiger partial charge in [-0.2, -0.15) is 0 Å². The third-order valence-corrected chi connectivity index (χ3v) is 18.4. The molecule has 0 aromatic rings. The Kier molecular flexibility index (Phi) is 73.9. The molecule has 2 atom stereocenters. The van der Waals surface area contributed by atoms with Crippen LogP contribution in [0.2, 0.25) is 0 Å². The van der Waals surface area contributed by atoms with Crippen LogP contribution in [0.1, 0.15) is 438 Å². The van der Waals surface area contributed by atoms with Gasteiger partial charge in [0.15, 0.2) is 0 Å². The van der Waals surface area contributed by atoms with Gasteiger partial charge in [-0.05, 0) is 64.2 Å². The summed E-state index contributed by atoms with van der Waals surface area (Å²) < 4.78 is 5.51. The number of esters is 1. The Balaban J connectivity index is 3.38. The Morgan fingerprint density at radius 1 is 0.326 bits per heavy atom. The molecule has 0 aliphatic carbocycles. The number of rotatable bonds is 74. The third kappa shape index (κ3) is 71.2. The number of aliphatic hydroxyl groups excluding tert-OH is 2. The highest BCUT2D eigenvalue weighted by Crippen LogP contribution is 2.19. The lowest BCUT2D eigenvalue weighted by Crippen LogP contribution is -2.45. The zero-order valence-corrected chi connectivity index (χ0v) is 58.3. The summed E-state index contributed by atoms with van der Waals surface area (Å²) in [7, 11) is 0. The number of carbonyl (C=O) groups is 2. The lowest BCUT2D eigenvalue weighted by atomic mass is 10.0. The molecule has 6 nitrogen and oxygen atoms in total. The van der Waals surface area contributed by atoms with Crippen molar-refractivity contribution in [3.63, 3.8) is 0 Å². The van der Waals surface area contributed by atoms with E-state index >= 15 is 0 Å². The van der Waals surface area contributed by atoms with E-state index in [4.69, 9.17) is 4.74 Å². The van der Waals surface area contributed by atoms with Crippen LogP contribution < -0.4 is 5.32 Å². The van der Waals surface area contributed by atoms with Gasteiger partial charge in [-0.1, -0.05) is 397 Å². The highest BCUT2D eigenvalue weighted by molar-refractivity contribution is 5.76. The Hall–Kier alpha value is -1.92. The van der Waals surface area contributed by atoms with Crippen LogP contribution in [0.3, 0.4) is 0 Å². The first kappa shape index (κ1) is 84.1. The summed E-state index contributed by atoms with van der Waals surface area (Å²) in [4.78, 5) is 24.6. The molecule has 0 aromatic carbocycles. The predicted molar refractivity (Wildman–Crippen MR) is 379 cm³/mol. The van der Waals surface area contributed by atoms with Gasteiger partial charge in [0.25, 0.3) is 0 Å². The number of hydrogen-bond acceptors (Lipinski definition) is 5. The maximum Gasteiger partial charge on any atom is 0.305 e. The molecule has 6 heteroatoms. The van der Waals surface area contributed by atoms with Crippen LogP contribution in [0.4, 0.5) is 0 Å². The van der Waals surface area contributed by atoms with Crippen molar-refractivity contribution < 1.29 is 24.5 Å². The molecule has 0 rings (SSSR count). The van der Waals surface area contributed by atoms with Gasteiger partial charge in [0.1, 0.15) is 0 Å². The normalized spacial score (nSPS) is 12.7. The van der Waals surface area contributed by atoms with Crippen LogP contribution in [0.25, 0.3) is 0 Å². The van der Waals surface area contributed by atoms with E-state index in [1.165, 1.54) is 366 Å². The van der Waals surface area contributed by atoms with Crippen LogP contribution in [0.5, 0.6) is 0 Å². The van der Waals surface area contributed by atoms with Crippen molar-refractivity contribution in [2.45, 2.75) is 450 Å². The second-order valence-corrected chi connectivity index (χ2v) is 27.0. The van der Waals surface area contributed by atoms with Gasteiger partial charge in [-0.25, -0.2) is 0 Å². The fourth-order valence-electron chi connectivity index (χ4n) is 12.4. The first-order valence-electron chi connectivity index (χ1n) is 39.3. The molecule has 0 spiro atoms. The van der Waals surface area contributed by atoms with E-state index in [1.54, 1.807) is 6.08 Å². The van der Waals surface area contributed by atoms with E-state index in [9.17, 15) is 19.8 Å². The fourth-order valence-corrected chi connectivity index (χ4v) is 12.4. The van der Waals surface area contributed by atoms with E-state index in [1.807, 2.05) is 6.08 Å². The molecular weight excluding hydrogens is 1050 g/mol. The second-order valence-electron chi connectivity index (χ2n) is 27.0. The molecule has 0 aromatic heterocycles. The van der Waals surface area contributed by atoms with Crippen molar-refractivity contribution in [3.05, 3.63) is 36.5 Å². The van der Waals surface area contributed by atoms with Crippen molar-refractivity contribution in [3.8, 4) is 0 Å². The van der Waals surface area contributed by atoms with E-state index < -0.39 is 12.1 Å². The maximum atomic E-state index is 12.5. The zero-order valence-electron chi connectivity index (χ0n) is 58.3. The molecule has 0 bridgehead atoms. The summed E-state index contributed by atoms with van der Waals surface area (Å²) >= 11 is 0. The van der Waals surface area contributed by atoms with Crippen molar-refractivity contribution in [2.75, 3.05) is 13.2 Å². The standard InChI is InChI=1S/C80H153NO5/c1-3-5-7-9-11-13-15-17-19-21-41-44-48-52-56-60-64-68-72-78(83)77(76-82)81-79(84)73-69-65-61-57-53-49-45-42-39-37-35-33-31-29-27-25-23-22-24-26-28-30-32-34-36-38-40-43-47-51-55-59-63-67-71-75-86-80(85)74-70-66-62-58-54-50-46-20-18-16-14-12-10-8-6-4-2/h24,26,30,32,68,72,77-78,82-83H,3-23,25,27-29,31,33-67,69-71,73-76H2,1-2H3,(H,81,84)/b26-24-,32-30-,72-68+. The molecule has 0 aliphatic heterocycles. The molecule has 0 radical (unpaired) electrons. The summed E-state index contributed by atoms with van der Waals surface area (Å²) in [6.45, 7) is 4.95. The number of unbranched alkanes of at least 4 members (excludes halogenated alkanes) is 59. The number of allylic oxidation sites excluding steroid dienone is 5. The first-order chi connectivity index (χ1) is 42.5. The highest BCUT2D eigenvalue weighted by Gasteiger charge is 2.18. The number of ether oxygens (including phenoxy) is 1. The van der Waals surface area contributed by atoms with Gasteiger partial charge in [-0.3, -0.25) is 9.59 Å². The molecule has 2 unspecified atom stereocenters. The van der Waals surface area contributed by atoms with Crippen molar-refractivity contribution in [1.29, 1.82) is 0 Å². The average Bonchev–Trinajstić information content (AvgIpc) is 3.58. The van der Waals surface area contributed by atoms with Gasteiger partial charge >= 0.3 is 5.97 Å². The van der Waals surface area contributed by atoms with E-state index in [0.29, 0.717) is 19.4 Å². The third-order valence-electron chi connectivity index (χ3n) is 18.4. The molecular formula is C80H153NO5. The molecule has 0 saturated heterocycles. The van der Waals surface area contributed by atoms with Crippen molar-refractivity contribution in [1.82, 2.24) is 5.32 Å². The lowest BCUT2D eigenvalue weighted by molar-refractivity contribution is -0.143. The summed E-state index contributed by atoms with van der Waals surface area (Å²) in [6, 6.07) is -0.627. The SMILES string of the molecule is CCCCCCCCCCCCCCCCCC/C=C/C(O)C(CO)NC(=O)CCCCCCCCCCCCCCCCCCC/C=C\C/C=C\CCCCCCCCCCCCCOC(=O)CCCCCCCCCCCCCCCCCC. The molecule has 508 valence electrons. The van der Waals surface area contributed by atoms with E-state index in [-0.39, 0.29) is 18.5 Å². The van der Waals surface area contributed by atoms with Gasteiger partial charge in [-0.15, -0.1) is 0 Å². The Morgan fingerprint density at radius 3 is 0.884 bits per heavy atom. The van der Waals surface area contributed by atoms with Crippen molar-refractivity contribution >= 4 is 11.9 Å². The van der Waals surface area contributed by atoms with Gasteiger partial charge in [0, 0.05) is 12.8 Å². The molecule has 1 amide bonds. The monoisotopic (exact) mass is 1210 g/mol. The lowest BCUT2D eigenvalue weighted by Gasteiger charge is -2.20. The Labute approximate surface area is 538 Å². The Morgan fingerprint density at radius 2 is 0.581 bits per heavy atom. The molecule has 0 fully saturated rings. The number of amides is 1. The summed E-state index contributed by atoms with van der Waals surface area (Å²) in [5, 5.41) is 23.2.